The first-order chi connectivity index (χ1) is 3.46. The molecular weight excluding hydrogens is 631 g/mol. The van der Waals surface area contributed by atoms with E-state index in [-0.39, 0.29) is 0 Å². The normalized spacial score (nSPS) is 9.00. The van der Waals surface area contributed by atoms with Crippen LogP contribution in [0.2, 0.25) is 0 Å². The fourth-order valence-corrected chi connectivity index (χ4v) is 0. The molecule has 0 atom stereocenters. The molecule has 0 aromatic heterocycles. The summed E-state index contributed by atoms with van der Waals surface area (Å²) in [5, 5.41) is 0. The van der Waals surface area contributed by atoms with Gasteiger partial charge in [0.15, 0.2) is 0 Å². The molecule has 0 bridgehead atoms. The van der Waals surface area contributed by atoms with Gasteiger partial charge in [-0.3, -0.25) is 0 Å². The summed E-state index contributed by atoms with van der Waals surface area (Å²) in [4.78, 5) is 0. The Kier molecular flexibility index (Phi) is 18.5. The van der Waals surface area contributed by atoms with E-state index in [9.17, 15) is 0 Å². The summed E-state index contributed by atoms with van der Waals surface area (Å²) in [6, 6.07) is 0. The van der Waals surface area contributed by atoms with E-state index in [0.29, 0.717) is 0 Å². The first-order valence-electron chi connectivity index (χ1n) is 1.01. The van der Waals surface area contributed by atoms with Crippen molar-refractivity contribution < 1.29 is 0 Å². The molecule has 52 valence electrons. The minimum absolute atomic E-state index is 2.18. The van der Waals surface area contributed by atoms with Gasteiger partial charge < -0.3 is 0 Å². The first kappa shape index (κ1) is 14.1. The van der Waals surface area contributed by atoms with E-state index in [1.54, 1.807) is 0 Å². The molecule has 0 nitrogen and oxygen atoms in total. The number of hydrogen-bond acceptors (Lipinski definition) is 0. The average molecular weight is 631 g/mol. The van der Waals surface area contributed by atoms with Crippen LogP contribution in [0.3, 0.4) is 0 Å². The summed E-state index contributed by atoms with van der Waals surface area (Å²) in [5.41, 5.74) is 0. The summed E-state index contributed by atoms with van der Waals surface area (Å²) in [6.07, 6.45) is 0. The molecule has 0 radical (unpaired) electrons. The molecule has 0 saturated carbocycles. The van der Waals surface area contributed by atoms with E-state index in [1.807, 2.05) is 0 Å². The Labute approximate surface area is 85.4 Å². The van der Waals surface area contributed by atoms with Gasteiger partial charge in [-0.15, -0.1) is 0 Å². The molecule has 0 aromatic carbocycles. The van der Waals surface area contributed by atoms with Gasteiger partial charge in [-0.05, 0) is 0 Å². The molecule has 0 heterocycles. The Balaban J connectivity index is 0. The second kappa shape index (κ2) is 10.5. The Morgan fingerprint density at radius 2 is 0.500 bits per heavy atom. The van der Waals surface area contributed by atoms with Crippen LogP contribution in [0.15, 0.2) is 0 Å². The molecule has 8 heteroatoms. The van der Waals surface area contributed by atoms with Crippen molar-refractivity contribution in [2.24, 2.45) is 0 Å². The summed E-state index contributed by atoms with van der Waals surface area (Å²) in [5.74, 6) is 0. The monoisotopic (exact) mass is 628 g/mol. The predicted octanol–water partition coefficient (Wildman–Crippen LogP) is 3.38. The van der Waals surface area contributed by atoms with Crippen molar-refractivity contribution in [3.05, 3.63) is 0 Å². The summed E-state index contributed by atoms with van der Waals surface area (Å²) in [7, 11) is 30.1. The van der Waals surface area contributed by atoms with E-state index in [2.05, 4.69) is 0 Å². The minimum atomic E-state index is -2.18. The van der Waals surface area contributed by atoms with Crippen molar-refractivity contribution >= 4 is 87.4 Å². The van der Waals surface area contributed by atoms with Crippen LogP contribution in [0.25, 0.3) is 0 Å². The zero-order chi connectivity index (χ0) is 7.15. The summed E-state index contributed by atoms with van der Waals surface area (Å²) < 4.78 is 0. The molecule has 0 amide bonds. The van der Waals surface area contributed by atoms with E-state index < -0.39 is 36.3 Å². The van der Waals surface area contributed by atoms with E-state index in [1.165, 1.54) is 0 Å². The summed E-state index contributed by atoms with van der Waals surface area (Å²) in [6.45, 7) is 0. The molecule has 0 unspecified atom stereocenters. The van der Waals surface area contributed by atoms with Crippen LogP contribution in [0.4, 0.5) is 0 Å². The van der Waals surface area contributed by atoms with Gasteiger partial charge in [0, 0.05) is 0 Å². The van der Waals surface area contributed by atoms with Crippen LogP contribution in [-0.2, 0) is 0 Å². The van der Waals surface area contributed by atoms with Crippen LogP contribution < -0.4 is 0 Å². The Morgan fingerprint density at radius 3 is 0.500 bits per heavy atom. The molecule has 0 aliphatic rings. The Morgan fingerprint density at radius 1 is 0.500 bits per heavy atom. The Hall–Kier alpha value is 3.51. The standard InChI is InChI=1S/2Bi.6ClH/h;;6*1H/q2*+3;;;;;;/p-6. The molecular formula is Bi2Cl6. The van der Waals surface area contributed by atoms with Crippen molar-refractivity contribution in [1.29, 1.82) is 0 Å². The fraction of sp³-hybridized carbons (Fsp3) is 0. The first-order valence-corrected chi connectivity index (χ1v) is 26.7. The van der Waals surface area contributed by atoms with Crippen molar-refractivity contribution in [1.82, 2.24) is 0 Å². The van der Waals surface area contributed by atoms with Gasteiger partial charge in [0.1, 0.15) is 0 Å². The van der Waals surface area contributed by atoms with Gasteiger partial charge >= 0.3 is 87.4 Å². The van der Waals surface area contributed by atoms with E-state index in [0.717, 1.165) is 0 Å². The third-order valence-electron chi connectivity index (χ3n) is 0. The van der Waals surface area contributed by atoms with Crippen molar-refractivity contribution in [3.63, 3.8) is 0 Å². The second-order valence-electron chi connectivity index (χ2n) is 0.383. The maximum absolute atomic E-state index is 5.01. The molecule has 0 rings (SSSR count). The predicted molar refractivity (Wildman–Crippen MR) is 46.6 cm³/mol. The molecule has 0 aliphatic carbocycles. The van der Waals surface area contributed by atoms with Crippen molar-refractivity contribution in [3.8, 4) is 0 Å². The molecule has 0 fully saturated rings. The zero-order valence-electron chi connectivity index (χ0n) is 3.16. The summed E-state index contributed by atoms with van der Waals surface area (Å²) >= 11 is -4.35. The van der Waals surface area contributed by atoms with Gasteiger partial charge in [0.25, 0.3) is 0 Å². The number of hydrogen-bond donors (Lipinski definition) is 0. The molecule has 0 saturated heterocycles. The SMILES string of the molecule is [Cl][Bi]([Cl])[Cl].[Cl][Bi]([Cl])[Cl]. The molecule has 0 aliphatic heterocycles. The number of halogens is 6. The fourth-order valence-electron chi connectivity index (χ4n) is 0. The van der Waals surface area contributed by atoms with Crippen molar-refractivity contribution in [2.45, 2.75) is 0 Å². The van der Waals surface area contributed by atoms with Gasteiger partial charge in [-0.25, -0.2) is 0 Å². The van der Waals surface area contributed by atoms with Crippen LogP contribution in [0, 0.1) is 0 Å². The van der Waals surface area contributed by atoms with Crippen LogP contribution in [0.1, 0.15) is 0 Å². The second-order valence-corrected chi connectivity index (χ2v) is 30.3. The van der Waals surface area contributed by atoms with E-state index in [4.69, 9.17) is 51.1 Å². The van der Waals surface area contributed by atoms with Gasteiger partial charge in [0.2, 0.25) is 0 Å². The van der Waals surface area contributed by atoms with Gasteiger partial charge in [-0.1, -0.05) is 0 Å². The molecule has 0 aromatic rings. The third kappa shape index (κ3) is 56.0. The molecule has 0 N–H and O–H groups in total. The number of rotatable bonds is 0. The van der Waals surface area contributed by atoms with Crippen LogP contribution in [0.5, 0.6) is 0 Å². The Bertz CT molecular complexity index is 22.0. The van der Waals surface area contributed by atoms with E-state index >= 15 is 0 Å². The van der Waals surface area contributed by atoms with Crippen molar-refractivity contribution in [2.75, 3.05) is 0 Å². The van der Waals surface area contributed by atoms with Gasteiger partial charge in [0.05, 0.1) is 0 Å². The quantitative estimate of drug-likeness (QED) is 0.361. The van der Waals surface area contributed by atoms with Crippen LogP contribution >= 0.6 is 51.1 Å². The average Bonchev–Trinajstić information content (AvgIpc) is 1.25. The molecule has 8 heavy (non-hydrogen) atoms. The van der Waals surface area contributed by atoms with Crippen LogP contribution in [-0.4, -0.2) is 36.3 Å². The zero-order valence-corrected chi connectivity index (χ0v) is 14.7. The van der Waals surface area contributed by atoms with Gasteiger partial charge in [-0.2, -0.15) is 0 Å². The third-order valence-corrected chi connectivity index (χ3v) is 0. The topological polar surface area (TPSA) is 0 Å². The maximum atomic E-state index is 5.01. The molecule has 0 spiro atoms.